The Hall–Kier alpha value is -0.320. The first-order valence-corrected chi connectivity index (χ1v) is 6.93. The van der Waals surface area contributed by atoms with E-state index in [0.29, 0.717) is 0 Å². The average molecular weight is 407 g/mol. The van der Waals surface area contributed by atoms with Crippen LogP contribution in [-0.2, 0) is 0 Å². The highest BCUT2D eigenvalue weighted by Crippen LogP contribution is 2.39. The molecule has 0 bridgehead atoms. The maximum absolute atomic E-state index is 5.75. The molecule has 2 rings (SSSR count). The molecule has 0 unspecified atom stereocenters. The van der Waals surface area contributed by atoms with Crippen LogP contribution in [0, 0.1) is 0 Å². The van der Waals surface area contributed by atoms with Crippen molar-refractivity contribution < 1.29 is 4.74 Å². The lowest BCUT2D eigenvalue weighted by atomic mass is 10.3. The second-order valence-electron chi connectivity index (χ2n) is 3.09. The Morgan fingerprint density at radius 3 is 2.12 bits per heavy atom. The van der Waals surface area contributed by atoms with Crippen molar-refractivity contribution in [2.45, 2.75) is 0 Å². The molecule has 82 valence electrons. The molecule has 0 aliphatic heterocycles. The highest BCUT2D eigenvalue weighted by molar-refractivity contribution is 9.14. The molecule has 0 spiro atoms. The summed E-state index contributed by atoms with van der Waals surface area (Å²) in [6, 6.07) is 13.5. The summed E-state index contributed by atoms with van der Waals surface area (Å²) in [7, 11) is 0. The van der Waals surface area contributed by atoms with Crippen LogP contribution in [0.25, 0.3) is 0 Å². The van der Waals surface area contributed by atoms with Gasteiger partial charge in [0.25, 0.3) is 0 Å². The van der Waals surface area contributed by atoms with Crippen LogP contribution < -0.4 is 4.74 Å². The fourth-order valence-corrected chi connectivity index (χ4v) is 2.55. The number of hydrogen-bond donors (Lipinski definition) is 0. The number of para-hydroxylation sites is 1. The summed E-state index contributed by atoms with van der Waals surface area (Å²) >= 11 is 10.4. The molecular formula is C12H7Br3O. The van der Waals surface area contributed by atoms with E-state index < -0.39 is 0 Å². The minimum absolute atomic E-state index is 0.779. The van der Waals surface area contributed by atoms with Gasteiger partial charge in [-0.1, -0.05) is 18.2 Å². The molecule has 0 aliphatic carbocycles. The highest BCUT2D eigenvalue weighted by Gasteiger charge is 2.09. The lowest BCUT2D eigenvalue weighted by Gasteiger charge is -2.09. The van der Waals surface area contributed by atoms with Gasteiger partial charge in [-0.3, -0.25) is 0 Å². The van der Waals surface area contributed by atoms with Gasteiger partial charge in [-0.25, -0.2) is 0 Å². The van der Waals surface area contributed by atoms with Gasteiger partial charge in [0.05, 0.1) is 4.47 Å². The van der Waals surface area contributed by atoms with Crippen molar-refractivity contribution in [1.82, 2.24) is 0 Å². The van der Waals surface area contributed by atoms with E-state index in [9.17, 15) is 0 Å². The summed E-state index contributed by atoms with van der Waals surface area (Å²) < 4.78 is 8.57. The Labute approximate surface area is 119 Å². The van der Waals surface area contributed by atoms with Crippen LogP contribution in [0.3, 0.4) is 0 Å². The zero-order valence-corrected chi connectivity index (χ0v) is 12.8. The fourth-order valence-electron chi connectivity index (χ4n) is 1.20. The molecule has 0 amide bonds. The Kier molecular flexibility index (Phi) is 4.05. The lowest BCUT2D eigenvalue weighted by molar-refractivity contribution is 0.479. The van der Waals surface area contributed by atoms with Crippen LogP contribution in [0.1, 0.15) is 0 Å². The molecule has 2 aromatic rings. The first-order chi connectivity index (χ1) is 7.68. The first kappa shape index (κ1) is 12.1. The summed E-state index contributed by atoms with van der Waals surface area (Å²) in [5.41, 5.74) is 0. The molecule has 0 heterocycles. The third-order valence-electron chi connectivity index (χ3n) is 1.97. The van der Waals surface area contributed by atoms with Crippen LogP contribution in [0.5, 0.6) is 11.5 Å². The Balaban J connectivity index is 2.33. The Morgan fingerprint density at radius 1 is 0.750 bits per heavy atom. The molecule has 2 aromatic carbocycles. The van der Waals surface area contributed by atoms with Gasteiger partial charge >= 0.3 is 0 Å². The van der Waals surface area contributed by atoms with Crippen molar-refractivity contribution in [3.05, 3.63) is 55.9 Å². The molecule has 0 N–H and O–H groups in total. The van der Waals surface area contributed by atoms with Crippen molar-refractivity contribution in [3.63, 3.8) is 0 Å². The van der Waals surface area contributed by atoms with Gasteiger partial charge in [-0.05, 0) is 72.1 Å². The summed E-state index contributed by atoms with van der Waals surface area (Å²) in [6.07, 6.45) is 0. The molecule has 1 nitrogen and oxygen atoms in total. The molecule has 0 fully saturated rings. The number of hydrogen-bond acceptors (Lipinski definition) is 1. The predicted octanol–water partition coefficient (Wildman–Crippen LogP) is 5.77. The predicted molar refractivity (Wildman–Crippen MR) is 76.1 cm³/mol. The van der Waals surface area contributed by atoms with E-state index in [2.05, 4.69) is 47.8 Å². The molecule has 0 aliphatic rings. The van der Waals surface area contributed by atoms with Gasteiger partial charge < -0.3 is 4.74 Å². The van der Waals surface area contributed by atoms with Gasteiger partial charge in [-0.2, -0.15) is 0 Å². The van der Waals surface area contributed by atoms with Crippen molar-refractivity contribution in [2.75, 3.05) is 0 Å². The zero-order valence-electron chi connectivity index (χ0n) is 8.08. The van der Waals surface area contributed by atoms with Gasteiger partial charge in [0.2, 0.25) is 0 Å². The van der Waals surface area contributed by atoms with E-state index in [1.807, 2.05) is 42.5 Å². The molecule has 0 aromatic heterocycles. The molecule has 0 atom stereocenters. The second-order valence-corrected chi connectivity index (χ2v) is 5.53. The normalized spacial score (nSPS) is 10.2. The van der Waals surface area contributed by atoms with Gasteiger partial charge in [0, 0.05) is 8.95 Å². The summed E-state index contributed by atoms with van der Waals surface area (Å²) in [5, 5.41) is 0. The van der Waals surface area contributed by atoms with Crippen molar-refractivity contribution in [2.24, 2.45) is 0 Å². The molecule has 16 heavy (non-hydrogen) atoms. The fraction of sp³-hybridized carbons (Fsp3) is 0. The maximum atomic E-state index is 5.75. The molecule has 0 radical (unpaired) electrons. The number of halogens is 3. The molecular weight excluding hydrogens is 400 g/mol. The second kappa shape index (κ2) is 5.34. The first-order valence-electron chi connectivity index (χ1n) is 4.55. The largest absolute Gasteiger partial charge is 0.456 e. The SMILES string of the molecule is Brc1ccc(Oc2ccccc2)c(Br)c1Br. The third-order valence-corrected chi connectivity index (χ3v) is 5.31. The van der Waals surface area contributed by atoms with Crippen molar-refractivity contribution >= 4 is 47.8 Å². The van der Waals surface area contributed by atoms with Crippen LogP contribution in [-0.4, -0.2) is 0 Å². The lowest BCUT2D eigenvalue weighted by Crippen LogP contribution is -1.86. The summed E-state index contributed by atoms with van der Waals surface area (Å²) in [4.78, 5) is 0. The monoisotopic (exact) mass is 404 g/mol. The van der Waals surface area contributed by atoms with Gasteiger partial charge in [0.15, 0.2) is 0 Å². The molecule has 4 heteroatoms. The zero-order chi connectivity index (χ0) is 11.5. The van der Waals surface area contributed by atoms with E-state index in [-0.39, 0.29) is 0 Å². The Bertz CT molecular complexity index is 497. The topological polar surface area (TPSA) is 9.23 Å². The summed E-state index contributed by atoms with van der Waals surface area (Å²) in [5.74, 6) is 1.60. The minimum atomic E-state index is 0.779. The third kappa shape index (κ3) is 2.67. The van der Waals surface area contributed by atoms with Crippen LogP contribution in [0.15, 0.2) is 55.9 Å². The smallest absolute Gasteiger partial charge is 0.142 e. The van der Waals surface area contributed by atoms with E-state index in [1.165, 1.54) is 0 Å². The van der Waals surface area contributed by atoms with Crippen LogP contribution in [0.2, 0.25) is 0 Å². The van der Waals surface area contributed by atoms with E-state index in [4.69, 9.17) is 4.74 Å². The van der Waals surface area contributed by atoms with Crippen molar-refractivity contribution in [1.29, 1.82) is 0 Å². The van der Waals surface area contributed by atoms with Crippen LogP contribution in [0.4, 0.5) is 0 Å². The van der Waals surface area contributed by atoms with E-state index in [1.54, 1.807) is 0 Å². The Morgan fingerprint density at radius 2 is 1.44 bits per heavy atom. The number of rotatable bonds is 2. The quantitative estimate of drug-likeness (QED) is 0.575. The van der Waals surface area contributed by atoms with E-state index in [0.717, 1.165) is 24.9 Å². The molecule has 0 saturated heterocycles. The van der Waals surface area contributed by atoms with Crippen LogP contribution >= 0.6 is 47.8 Å². The van der Waals surface area contributed by atoms with Gasteiger partial charge in [0.1, 0.15) is 11.5 Å². The maximum Gasteiger partial charge on any atom is 0.142 e. The standard InChI is InChI=1S/C12H7Br3O/c13-9-6-7-10(12(15)11(9)14)16-8-4-2-1-3-5-8/h1-7H. The van der Waals surface area contributed by atoms with Crippen molar-refractivity contribution in [3.8, 4) is 11.5 Å². The minimum Gasteiger partial charge on any atom is -0.456 e. The average Bonchev–Trinajstić information content (AvgIpc) is 2.31. The van der Waals surface area contributed by atoms with Gasteiger partial charge in [-0.15, -0.1) is 0 Å². The summed E-state index contributed by atoms with van der Waals surface area (Å²) in [6.45, 7) is 0. The highest BCUT2D eigenvalue weighted by atomic mass is 79.9. The molecule has 0 saturated carbocycles. The number of benzene rings is 2. The van der Waals surface area contributed by atoms with E-state index >= 15 is 0 Å². The number of ether oxygens (including phenoxy) is 1.